The highest BCUT2D eigenvalue weighted by molar-refractivity contribution is 5.92. The number of aliphatic hydroxyl groups is 1. The van der Waals surface area contributed by atoms with Crippen molar-refractivity contribution in [3.05, 3.63) is 11.6 Å². The van der Waals surface area contributed by atoms with Gasteiger partial charge in [-0.25, -0.2) is 0 Å². The van der Waals surface area contributed by atoms with Gasteiger partial charge in [0.15, 0.2) is 5.78 Å². The molecule has 0 bridgehead atoms. The van der Waals surface area contributed by atoms with E-state index in [2.05, 4.69) is 13.8 Å². The minimum atomic E-state index is -1.01. The normalized spacial score (nSPS) is 45.1. The minimum Gasteiger partial charge on any atom is -0.481 e. The van der Waals surface area contributed by atoms with Crippen molar-refractivity contribution >= 4 is 17.7 Å². The van der Waals surface area contributed by atoms with E-state index in [1.54, 1.807) is 6.08 Å². The van der Waals surface area contributed by atoms with Crippen LogP contribution in [0.15, 0.2) is 11.6 Å². The molecule has 0 aromatic heterocycles. The summed E-state index contributed by atoms with van der Waals surface area (Å²) in [5.41, 5.74) is -0.413. The molecule has 0 spiro atoms. The van der Waals surface area contributed by atoms with E-state index in [1.807, 2.05) is 0 Å². The average molecular weight is 419 g/mol. The number of ketones is 1. The van der Waals surface area contributed by atoms with Gasteiger partial charge in [0, 0.05) is 12.8 Å². The Bertz CT molecular complexity index is 802. The van der Waals surface area contributed by atoms with Gasteiger partial charge in [0.1, 0.15) is 0 Å². The Balaban J connectivity index is 1.73. The van der Waals surface area contributed by atoms with Crippen LogP contribution in [0.2, 0.25) is 0 Å². The largest absolute Gasteiger partial charge is 0.481 e. The van der Waals surface area contributed by atoms with Gasteiger partial charge in [-0.1, -0.05) is 19.4 Å². The van der Waals surface area contributed by atoms with Crippen LogP contribution >= 0.6 is 0 Å². The Kier molecular flexibility index (Phi) is 5.16. The molecule has 0 heterocycles. The highest BCUT2D eigenvalue weighted by atomic mass is 16.5. The van der Waals surface area contributed by atoms with Gasteiger partial charge in [0.05, 0.1) is 18.6 Å². The summed E-state index contributed by atoms with van der Waals surface area (Å²) in [5.74, 6) is -0.763. The molecule has 4 aliphatic rings. The van der Waals surface area contributed by atoms with Crippen LogP contribution in [0, 0.1) is 34.5 Å². The number of carbonyl (C=O) groups excluding carboxylic acids is 2. The molecule has 6 nitrogen and oxygen atoms in total. The number of methoxy groups -OCH3 is 1. The molecular formula is C24H34O6. The van der Waals surface area contributed by atoms with Crippen LogP contribution in [0.5, 0.6) is 0 Å². The quantitative estimate of drug-likeness (QED) is 0.678. The first kappa shape index (κ1) is 21.5. The Hall–Kier alpha value is -1.69. The third-order valence-electron chi connectivity index (χ3n) is 9.59. The first-order valence-corrected chi connectivity index (χ1v) is 11.3. The SMILES string of the molecule is COC(=O)[C@@H]1CC2=CC(=O)CCC2(C)C2CCC3(C)C(CC[C@@]3(O)CCC(=O)O)C21. The molecule has 0 aromatic rings. The van der Waals surface area contributed by atoms with Gasteiger partial charge < -0.3 is 14.9 Å². The predicted octanol–water partition coefficient (Wildman–Crippen LogP) is 3.51. The van der Waals surface area contributed by atoms with E-state index < -0.39 is 17.0 Å². The van der Waals surface area contributed by atoms with Crippen molar-refractivity contribution in [3.8, 4) is 0 Å². The zero-order valence-electron chi connectivity index (χ0n) is 18.3. The molecule has 3 saturated carbocycles. The van der Waals surface area contributed by atoms with Crippen LogP contribution in [0.1, 0.15) is 71.6 Å². The van der Waals surface area contributed by atoms with Gasteiger partial charge in [-0.15, -0.1) is 0 Å². The number of carboxylic acid groups (broad SMARTS) is 1. The number of aliphatic carboxylic acids is 1. The van der Waals surface area contributed by atoms with Gasteiger partial charge in [-0.05, 0) is 79.6 Å². The second-order valence-electron chi connectivity index (χ2n) is 10.6. The molecule has 0 amide bonds. The topological polar surface area (TPSA) is 101 Å². The van der Waals surface area contributed by atoms with Crippen LogP contribution in [0.4, 0.5) is 0 Å². The zero-order chi connectivity index (χ0) is 21.9. The number of carbonyl (C=O) groups is 3. The van der Waals surface area contributed by atoms with Gasteiger partial charge in [0.2, 0.25) is 0 Å². The fourth-order valence-electron chi connectivity index (χ4n) is 7.79. The summed E-state index contributed by atoms with van der Waals surface area (Å²) < 4.78 is 5.20. The number of carboxylic acids is 1. The van der Waals surface area contributed by atoms with Crippen molar-refractivity contribution in [3.63, 3.8) is 0 Å². The lowest BCUT2D eigenvalue weighted by atomic mass is 9.44. The van der Waals surface area contributed by atoms with E-state index >= 15 is 0 Å². The second-order valence-corrected chi connectivity index (χ2v) is 10.6. The number of rotatable bonds is 4. The number of hydrogen-bond donors (Lipinski definition) is 2. The van der Waals surface area contributed by atoms with E-state index in [9.17, 15) is 24.6 Å². The highest BCUT2D eigenvalue weighted by Crippen LogP contribution is 2.69. The molecule has 0 aromatic carbocycles. The molecule has 0 radical (unpaired) electrons. The van der Waals surface area contributed by atoms with E-state index in [-0.39, 0.29) is 53.7 Å². The lowest BCUT2D eigenvalue weighted by Crippen LogP contribution is -2.58. The lowest BCUT2D eigenvalue weighted by Gasteiger charge is -2.60. The zero-order valence-corrected chi connectivity index (χ0v) is 18.3. The summed E-state index contributed by atoms with van der Waals surface area (Å²) in [6.07, 6.45) is 6.99. The molecule has 6 heteroatoms. The molecular weight excluding hydrogens is 384 g/mol. The van der Waals surface area contributed by atoms with E-state index in [0.717, 1.165) is 31.3 Å². The van der Waals surface area contributed by atoms with Crippen molar-refractivity contribution in [2.45, 2.75) is 77.2 Å². The highest BCUT2D eigenvalue weighted by Gasteiger charge is 2.66. The standard InChI is InChI=1S/C24H34O6/c1-22-8-4-15(25)12-14(22)13-16(21(28)30-3)20-17(22)5-9-23(2)18(20)6-10-24(23,29)11-7-19(26)27/h12,16-18,20,29H,4-11,13H2,1-3H3,(H,26,27)/t16-,17?,18?,20?,22?,23?,24-/m1/s1. The Morgan fingerprint density at radius 2 is 1.87 bits per heavy atom. The van der Waals surface area contributed by atoms with Crippen LogP contribution in [0.25, 0.3) is 0 Å². The first-order valence-electron chi connectivity index (χ1n) is 11.3. The third kappa shape index (κ3) is 2.97. The van der Waals surface area contributed by atoms with Crippen LogP contribution in [-0.2, 0) is 19.1 Å². The van der Waals surface area contributed by atoms with E-state index in [1.165, 1.54) is 7.11 Å². The summed E-state index contributed by atoms with van der Waals surface area (Å²) >= 11 is 0. The molecule has 2 N–H and O–H groups in total. The predicted molar refractivity (Wildman–Crippen MR) is 109 cm³/mol. The minimum absolute atomic E-state index is 0.0416. The smallest absolute Gasteiger partial charge is 0.309 e. The summed E-state index contributed by atoms with van der Waals surface area (Å²) in [7, 11) is 1.42. The molecule has 0 saturated heterocycles. The number of hydrogen-bond acceptors (Lipinski definition) is 5. The molecule has 166 valence electrons. The Labute approximate surface area is 178 Å². The number of ether oxygens (including phenoxy) is 1. The Morgan fingerprint density at radius 3 is 2.53 bits per heavy atom. The van der Waals surface area contributed by atoms with Crippen LogP contribution in [0.3, 0.4) is 0 Å². The molecule has 0 aliphatic heterocycles. The molecule has 5 unspecified atom stereocenters. The van der Waals surface area contributed by atoms with Crippen LogP contribution in [-0.4, -0.2) is 40.6 Å². The van der Waals surface area contributed by atoms with Crippen molar-refractivity contribution in [1.29, 1.82) is 0 Å². The number of esters is 1. The van der Waals surface area contributed by atoms with Crippen LogP contribution < -0.4 is 0 Å². The van der Waals surface area contributed by atoms with Crippen molar-refractivity contribution in [2.24, 2.45) is 34.5 Å². The summed E-state index contributed by atoms with van der Waals surface area (Å²) in [6, 6.07) is 0. The maximum atomic E-state index is 12.9. The number of fused-ring (bicyclic) bond motifs is 5. The van der Waals surface area contributed by atoms with Gasteiger partial charge >= 0.3 is 11.9 Å². The third-order valence-corrected chi connectivity index (χ3v) is 9.59. The molecule has 3 fully saturated rings. The van der Waals surface area contributed by atoms with Gasteiger partial charge in [0.25, 0.3) is 0 Å². The molecule has 7 atom stereocenters. The fourth-order valence-corrected chi connectivity index (χ4v) is 7.79. The van der Waals surface area contributed by atoms with Crippen molar-refractivity contribution < 1.29 is 29.3 Å². The molecule has 4 rings (SSSR count). The van der Waals surface area contributed by atoms with E-state index in [0.29, 0.717) is 19.3 Å². The van der Waals surface area contributed by atoms with Crippen molar-refractivity contribution in [1.82, 2.24) is 0 Å². The maximum Gasteiger partial charge on any atom is 0.309 e. The average Bonchev–Trinajstić information content (AvgIpc) is 2.97. The summed E-state index contributed by atoms with van der Waals surface area (Å²) in [4.78, 5) is 36.2. The monoisotopic (exact) mass is 418 g/mol. The maximum absolute atomic E-state index is 12.9. The molecule has 30 heavy (non-hydrogen) atoms. The van der Waals surface area contributed by atoms with Gasteiger partial charge in [-0.3, -0.25) is 14.4 Å². The summed E-state index contributed by atoms with van der Waals surface area (Å²) in [5, 5.41) is 20.7. The first-order chi connectivity index (χ1) is 14.1. The molecule has 4 aliphatic carbocycles. The van der Waals surface area contributed by atoms with E-state index in [4.69, 9.17) is 4.74 Å². The van der Waals surface area contributed by atoms with Crippen molar-refractivity contribution in [2.75, 3.05) is 7.11 Å². The lowest BCUT2D eigenvalue weighted by molar-refractivity contribution is -0.169. The summed E-state index contributed by atoms with van der Waals surface area (Å²) in [6.45, 7) is 4.36. The fraction of sp³-hybridized carbons (Fsp3) is 0.792. The van der Waals surface area contributed by atoms with Gasteiger partial charge in [-0.2, -0.15) is 0 Å². The number of allylic oxidation sites excluding steroid dienone is 1. The Morgan fingerprint density at radius 1 is 1.17 bits per heavy atom. The second kappa shape index (κ2) is 7.18.